The minimum atomic E-state index is -0.148. The molecule has 2 unspecified atom stereocenters. The van der Waals surface area contributed by atoms with Crippen molar-refractivity contribution < 1.29 is 9.84 Å². The van der Waals surface area contributed by atoms with Gasteiger partial charge in [0.25, 0.3) is 0 Å². The van der Waals surface area contributed by atoms with Crippen molar-refractivity contribution in [3.05, 3.63) is 28.8 Å². The molecule has 1 fully saturated rings. The Hall–Kier alpha value is -0.770. The molecule has 1 aliphatic rings. The van der Waals surface area contributed by atoms with Crippen LogP contribution in [-0.4, -0.2) is 24.9 Å². The first kappa shape index (κ1) is 13.7. The first-order valence-corrected chi connectivity index (χ1v) is 6.80. The highest BCUT2D eigenvalue weighted by Gasteiger charge is 2.24. The Balaban J connectivity index is 1.90. The Morgan fingerprint density at radius 2 is 2.28 bits per heavy atom. The minimum Gasteiger partial charge on any atom is -0.496 e. The predicted molar refractivity (Wildman–Crippen MR) is 73.1 cm³/mol. The smallest absolute Gasteiger partial charge is 0.124 e. The second kappa shape index (κ2) is 6.41. The van der Waals surface area contributed by atoms with E-state index in [0.717, 1.165) is 37.1 Å². The maximum Gasteiger partial charge on any atom is 0.124 e. The summed E-state index contributed by atoms with van der Waals surface area (Å²) in [5, 5.41) is 13.8. The molecule has 1 aromatic carbocycles. The van der Waals surface area contributed by atoms with E-state index in [1.54, 1.807) is 7.11 Å². The fourth-order valence-corrected chi connectivity index (χ4v) is 2.77. The van der Waals surface area contributed by atoms with E-state index in [9.17, 15) is 5.11 Å². The molecule has 2 rings (SSSR count). The van der Waals surface area contributed by atoms with Crippen LogP contribution < -0.4 is 10.1 Å². The Kier molecular flexibility index (Phi) is 4.87. The van der Waals surface area contributed by atoms with Gasteiger partial charge >= 0.3 is 0 Å². The zero-order chi connectivity index (χ0) is 13.0. The van der Waals surface area contributed by atoms with Crippen LogP contribution in [0.25, 0.3) is 0 Å². The molecule has 0 bridgehead atoms. The molecule has 0 spiro atoms. The predicted octanol–water partition coefficient (Wildman–Crippen LogP) is 2.60. The van der Waals surface area contributed by atoms with Crippen molar-refractivity contribution in [2.45, 2.75) is 31.9 Å². The first-order valence-electron chi connectivity index (χ1n) is 6.42. The second-order valence-corrected chi connectivity index (χ2v) is 5.22. The van der Waals surface area contributed by atoms with Crippen LogP contribution in [0.15, 0.2) is 18.2 Å². The Morgan fingerprint density at radius 1 is 1.44 bits per heavy atom. The number of methoxy groups -OCH3 is 1. The van der Waals surface area contributed by atoms with Gasteiger partial charge in [0.2, 0.25) is 0 Å². The maximum atomic E-state index is 9.75. The molecule has 1 aromatic rings. The van der Waals surface area contributed by atoms with Gasteiger partial charge in [0.15, 0.2) is 0 Å². The molecule has 3 nitrogen and oxygen atoms in total. The van der Waals surface area contributed by atoms with Gasteiger partial charge in [0, 0.05) is 23.7 Å². The van der Waals surface area contributed by atoms with Crippen molar-refractivity contribution in [1.29, 1.82) is 0 Å². The normalized spacial score (nSPS) is 23.3. The lowest BCUT2D eigenvalue weighted by Crippen LogP contribution is -2.27. The number of nitrogens with one attached hydrogen (secondary N) is 1. The highest BCUT2D eigenvalue weighted by atomic mass is 35.5. The molecule has 0 heterocycles. The van der Waals surface area contributed by atoms with Gasteiger partial charge in [-0.2, -0.15) is 0 Å². The first-order chi connectivity index (χ1) is 8.72. The van der Waals surface area contributed by atoms with Crippen molar-refractivity contribution >= 4 is 11.6 Å². The quantitative estimate of drug-likeness (QED) is 0.863. The van der Waals surface area contributed by atoms with Crippen molar-refractivity contribution in [3.8, 4) is 5.75 Å². The molecule has 0 saturated heterocycles. The summed E-state index contributed by atoms with van der Waals surface area (Å²) in [7, 11) is 1.65. The number of aliphatic hydroxyl groups excluding tert-OH is 1. The van der Waals surface area contributed by atoms with Crippen LogP contribution in [-0.2, 0) is 6.54 Å². The average molecular weight is 270 g/mol. The number of ether oxygens (including phenoxy) is 1. The highest BCUT2D eigenvalue weighted by molar-refractivity contribution is 6.31. The highest BCUT2D eigenvalue weighted by Crippen LogP contribution is 2.27. The Morgan fingerprint density at radius 3 is 2.94 bits per heavy atom. The number of hydrogen-bond acceptors (Lipinski definition) is 3. The Labute approximate surface area is 113 Å². The van der Waals surface area contributed by atoms with E-state index in [-0.39, 0.29) is 6.10 Å². The molecule has 18 heavy (non-hydrogen) atoms. The van der Waals surface area contributed by atoms with Gasteiger partial charge in [0.05, 0.1) is 13.2 Å². The third-order valence-electron chi connectivity index (χ3n) is 3.62. The van der Waals surface area contributed by atoms with E-state index in [2.05, 4.69) is 5.32 Å². The Bertz CT molecular complexity index is 397. The van der Waals surface area contributed by atoms with Crippen molar-refractivity contribution in [1.82, 2.24) is 5.32 Å². The van der Waals surface area contributed by atoms with E-state index in [0.29, 0.717) is 17.5 Å². The number of benzene rings is 1. The molecule has 1 aliphatic carbocycles. The van der Waals surface area contributed by atoms with Crippen LogP contribution >= 0.6 is 11.6 Å². The molecule has 0 aromatic heterocycles. The molecule has 4 heteroatoms. The van der Waals surface area contributed by atoms with Gasteiger partial charge < -0.3 is 15.2 Å². The standard InChI is InChI=1S/C14H20ClNO2/c1-18-14-7-3-5-12(15)11(14)9-16-8-10-4-2-6-13(10)17/h3,5,7,10,13,16-17H,2,4,6,8-9H2,1H3. The van der Waals surface area contributed by atoms with E-state index in [1.807, 2.05) is 18.2 Å². The fourth-order valence-electron chi connectivity index (χ4n) is 2.54. The molecular formula is C14H20ClNO2. The van der Waals surface area contributed by atoms with Crippen LogP contribution in [0.5, 0.6) is 5.75 Å². The average Bonchev–Trinajstić information content (AvgIpc) is 2.77. The van der Waals surface area contributed by atoms with Gasteiger partial charge in [-0.25, -0.2) is 0 Å². The SMILES string of the molecule is COc1cccc(Cl)c1CNCC1CCCC1O. The molecular weight excluding hydrogens is 250 g/mol. The van der Waals surface area contributed by atoms with Gasteiger partial charge in [-0.05, 0) is 30.9 Å². The summed E-state index contributed by atoms with van der Waals surface area (Å²) in [5.41, 5.74) is 0.981. The van der Waals surface area contributed by atoms with E-state index < -0.39 is 0 Å². The number of rotatable bonds is 5. The summed E-state index contributed by atoms with van der Waals surface area (Å²) in [4.78, 5) is 0. The van der Waals surface area contributed by atoms with E-state index >= 15 is 0 Å². The largest absolute Gasteiger partial charge is 0.496 e. The molecule has 2 atom stereocenters. The summed E-state index contributed by atoms with van der Waals surface area (Å²) in [6.07, 6.45) is 3.02. The summed E-state index contributed by atoms with van der Waals surface area (Å²) >= 11 is 6.16. The molecule has 0 aliphatic heterocycles. The van der Waals surface area contributed by atoms with Crippen LogP contribution in [0.2, 0.25) is 5.02 Å². The van der Waals surface area contributed by atoms with Crippen LogP contribution in [0.3, 0.4) is 0 Å². The second-order valence-electron chi connectivity index (χ2n) is 4.81. The number of aliphatic hydroxyl groups is 1. The lowest BCUT2D eigenvalue weighted by molar-refractivity contribution is 0.131. The lowest BCUT2D eigenvalue weighted by atomic mass is 10.1. The van der Waals surface area contributed by atoms with Crippen LogP contribution in [0.4, 0.5) is 0 Å². The third-order valence-corrected chi connectivity index (χ3v) is 3.98. The van der Waals surface area contributed by atoms with Gasteiger partial charge in [-0.1, -0.05) is 24.1 Å². The molecule has 100 valence electrons. The van der Waals surface area contributed by atoms with Crippen LogP contribution in [0.1, 0.15) is 24.8 Å². The minimum absolute atomic E-state index is 0.148. The monoisotopic (exact) mass is 269 g/mol. The molecule has 0 amide bonds. The van der Waals surface area contributed by atoms with E-state index in [1.165, 1.54) is 0 Å². The summed E-state index contributed by atoms with van der Waals surface area (Å²) in [6.45, 7) is 1.50. The molecule has 0 radical (unpaired) electrons. The number of halogens is 1. The van der Waals surface area contributed by atoms with Crippen molar-refractivity contribution in [3.63, 3.8) is 0 Å². The fraction of sp³-hybridized carbons (Fsp3) is 0.571. The van der Waals surface area contributed by atoms with Gasteiger partial charge in [0.1, 0.15) is 5.75 Å². The van der Waals surface area contributed by atoms with Gasteiger partial charge in [-0.3, -0.25) is 0 Å². The lowest BCUT2D eigenvalue weighted by Gasteiger charge is -2.16. The summed E-state index contributed by atoms with van der Waals surface area (Å²) < 4.78 is 5.30. The summed E-state index contributed by atoms with van der Waals surface area (Å²) in [6, 6.07) is 5.66. The van der Waals surface area contributed by atoms with E-state index in [4.69, 9.17) is 16.3 Å². The van der Waals surface area contributed by atoms with Crippen molar-refractivity contribution in [2.75, 3.05) is 13.7 Å². The van der Waals surface area contributed by atoms with Gasteiger partial charge in [-0.15, -0.1) is 0 Å². The number of hydrogen-bond donors (Lipinski definition) is 2. The third kappa shape index (κ3) is 3.16. The summed E-state index contributed by atoms with van der Waals surface area (Å²) in [5.74, 6) is 1.18. The van der Waals surface area contributed by atoms with Crippen LogP contribution in [0, 0.1) is 5.92 Å². The molecule has 2 N–H and O–H groups in total. The topological polar surface area (TPSA) is 41.5 Å². The maximum absolute atomic E-state index is 9.75. The zero-order valence-corrected chi connectivity index (χ0v) is 11.4. The molecule has 1 saturated carbocycles. The zero-order valence-electron chi connectivity index (χ0n) is 10.7. The van der Waals surface area contributed by atoms with Crippen molar-refractivity contribution in [2.24, 2.45) is 5.92 Å².